The largest absolute Gasteiger partial charge is 0.495 e. The van der Waals surface area contributed by atoms with E-state index in [1.807, 2.05) is 0 Å². The zero-order valence-corrected chi connectivity index (χ0v) is 10.1. The second-order valence-corrected chi connectivity index (χ2v) is 3.89. The highest BCUT2D eigenvalue weighted by molar-refractivity contribution is 4.68. The Kier molecular flexibility index (Phi) is 5.55. The molecule has 1 saturated heterocycles. The highest BCUT2D eigenvalue weighted by atomic mass is 19.4. The maximum Gasteiger partial charge on any atom is 0.495 e. The number of alkyl halides is 8. The Morgan fingerprint density at radius 1 is 0.909 bits per heavy atom. The first-order chi connectivity index (χ1) is 9.80. The van der Waals surface area contributed by atoms with Crippen molar-refractivity contribution in [2.45, 2.75) is 30.7 Å². The predicted octanol–water partition coefficient (Wildman–Crippen LogP) is 2.66. The van der Waals surface area contributed by atoms with Gasteiger partial charge in [-0.15, -0.1) is 13.7 Å². The molecule has 5 nitrogen and oxygen atoms in total. The van der Waals surface area contributed by atoms with Gasteiger partial charge in [0, 0.05) is 0 Å². The van der Waals surface area contributed by atoms with E-state index in [9.17, 15) is 39.6 Å². The summed E-state index contributed by atoms with van der Waals surface area (Å²) in [4.78, 5) is 1.45. The van der Waals surface area contributed by atoms with Crippen molar-refractivity contribution in [1.29, 1.82) is 0 Å². The lowest BCUT2D eigenvalue weighted by atomic mass is 10.5. The van der Waals surface area contributed by atoms with Crippen molar-refractivity contribution in [3.05, 3.63) is 0 Å². The van der Waals surface area contributed by atoms with E-state index in [2.05, 4.69) is 18.9 Å². The molecule has 1 unspecified atom stereocenters. The van der Waals surface area contributed by atoms with Gasteiger partial charge in [-0.05, 0) is 4.53 Å². The molecule has 22 heavy (non-hydrogen) atoms. The Morgan fingerprint density at radius 3 is 1.91 bits per heavy atom. The minimum Gasteiger partial charge on any atom is -0.371 e. The van der Waals surface area contributed by atoms with Crippen LogP contribution in [0.5, 0.6) is 0 Å². The van der Waals surface area contributed by atoms with Crippen LogP contribution >= 0.6 is 0 Å². The molecule has 0 aliphatic carbocycles. The lowest BCUT2D eigenvalue weighted by Crippen LogP contribution is -2.50. The summed E-state index contributed by atoms with van der Waals surface area (Å²) in [7, 11) is 0. The Hall–Kier alpha value is -0.830. The zero-order valence-electron chi connectivity index (χ0n) is 10.1. The minimum atomic E-state index is -6.30. The van der Waals surface area contributed by atoms with Crippen LogP contribution in [0.2, 0.25) is 0 Å². The standard InChI is InChI=1S/C8H7F9O5/c9-5(10,3-18-1-4-2-19-4)20-8(15,16)21-6(11,12)7(13,14)22-17/h4H,1-3H2. The Labute approximate surface area is 115 Å². The highest BCUT2D eigenvalue weighted by Crippen LogP contribution is 2.42. The SMILES string of the molecule is FOC(F)(F)C(F)(F)OC(F)(F)OC(F)(F)COCC1CO1. The second kappa shape index (κ2) is 6.35. The van der Waals surface area contributed by atoms with E-state index in [1.54, 1.807) is 0 Å². The second-order valence-electron chi connectivity index (χ2n) is 3.89. The molecular formula is C8H7F9O5. The van der Waals surface area contributed by atoms with Gasteiger partial charge < -0.3 is 9.47 Å². The predicted molar refractivity (Wildman–Crippen MR) is 44.7 cm³/mol. The summed E-state index contributed by atoms with van der Waals surface area (Å²) in [6.07, 6.45) is -23.8. The quantitative estimate of drug-likeness (QED) is 0.343. The summed E-state index contributed by atoms with van der Waals surface area (Å²) in [5, 5.41) is 0. The van der Waals surface area contributed by atoms with Gasteiger partial charge in [-0.25, -0.2) is 9.47 Å². The van der Waals surface area contributed by atoms with Gasteiger partial charge in [-0.3, -0.25) is 0 Å². The van der Waals surface area contributed by atoms with Crippen molar-refractivity contribution in [2.75, 3.05) is 19.8 Å². The van der Waals surface area contributed by atoms with Gasteiger partial charge in [0.15, 0.2) is 0 Å². The summed E-state index contributed by atoms with van der Waals surface area (Å²) in [5.41, 5.74) is 0. The molecular weight excluding hydrogens is 347 g/mol. The molecule has 1 aliphatic heterocycles. The minimum absolute atomic E-state index is 0.191. The van der Waals surface area contributed by atoms with E-state index in [0.717, 1.165) is 0 Å². The van der Waals surface area contributed by atoms with Crippen molar-refractivity contribution in [2.24, 2.45) is 0 Å². The van der Waals surface area contributed by atoms with E-state index in [0.29, 0.717) is 0 Å². The van der Waals surface area contributed by atoms with Gasteiger partial charge in [0.05, 0.1) is 13.2 Å². The van der Waals surface area contributed by atoms with Crippen LogP contribution in [-0.4, -0.2) is 50.5 Å². The van der Waals surface area contributed by atoms with Crippen LogP contribution in [0.3, 0.4) is 0 Å². The lowest BCUT2D eigenvalue weighted by Gasteiger charge is -2.28. The van der Waals surface area contributed by atoms with Crippen molar-refractivity contribution < 1.29 is 63.5 Å². The first-order valence-electron chi connectivity index (χ1n) is 5.21. The third-order valence-corrected chi connectivity index (χ3v) is 1.93. The van der Waals surface area contributed by atoms with Crippen LogP contribution in [0.1, 0.15) is 0 Å². The van der Waals surface area contributed by atoms with Gasteiger partial charge in [-0.2, -0.15) is 26.3 Å². The number of halogens is 9. The molecule has 14 heteroatoms. The van der Waals surface area contributed by atoms with E-state index in [-0.39, 0.29) is 6.61 Å². The number of hydrogen-bond acceptors (Lipinski definition) is 5. The molecule has 0 bridgehead atoms. The molecule has 1 fully saturated rings. The van der Waals surface area contributed by atoms with Crippen LogP contribution in [0.15, 0.2) is 0 Å². The molecule has 0 spiro atoms. The van der Waals surface area contributed by atoms with Crippen molar-refractivity contribution in [1.82, 2.24) is 0 Å². The molecule has 1 atom stereocenters. The van der Waals surface area contributed by atoms with Gasteiger partial charge in [0.2, 0.25) is 0 Å². The lowest BCUT2D eigenvalue weighted by molar-refractivity contribution is -0.567. The molecule has 1 rings (SSSR count). The molecule has 0 aromatic rings. The molecule has 0 saturated carbocycles. The number of hydrogen-bond donors (Lipinski definition) is 0. The number of epoxide rings is 1. The summed E-state index contributed by atoms with van der Waals surface area (Å²) < 4.78 is 125. The number of ether oxygens (including phenoxy) is 4. The Morgan fingerprint density at radius 2 is 1.45 bits per heavy atom. The first kappa shape index (κ1) is 19.2. The maximum atomic E-state index is 12.9. The zero-order chi connectivity index (χ0) is 17.2. The fraction of sp³-hybridized carbons (Fsp3) is 1.00. The van der Waals surface area contributed by atoms with E-state index in [4.69, 9.17) is 0 Å². The van der Waals surface area contributed by atoms with Crippen LogP contribution < -0.4 is 0 Å². The highest BCUT2D eigenvalue weighted by Gasteiger charge is 2.67. The maximum absolute atomic E-state index is 12.9. The third kappa shape index (κ3) is 5.75. The normalized spacial score (nSPS) is 20.3. The summed E-state index contributed by atoms with van der Waals surface area (Å²) in [5.74, 6) is 0. The Bertz CT molecular complexity index is 373. The monoisotopic (exact) mass is 354 g/mol. The Balaban J connectivity index is 2.56. The molecule has 0 N–H and O–H groups in total. The average Bonchev–Trinajstić information content (AvgIpc) is 3.09. The first-order valence-corrected chi connectivity index (χ1v) is 5.21. The van der Waals surface area contributed by atoms with Crippen molar-refractivity contribution >= 4 is 0 Å². The smallest absolute Gasteiger partial charge is 0.371 e. The van der Waals surface area contributed by atoms with Crippen molar-refractivity contribution in [3.63, 3.8) is 0 Å². The molecule has 1 heterocycles. The molecule has 0 amide bonds. The van der Waals surface area contributed by atoms with Crippen LogP contribution in [0.4, 0.5) is 39.6 Å². The van der Waals surface area contributed by atoms with Gasteiger partial charge in [0.25, 0.3) is 0 Å². The molecule has 0 radical (unpaired) electrons. The summed E-state index contributed by atoms with van der Waals surface area (Å²) in [6, 6.07) is 0. The fourth-order valence-electron chi connectivity index (χ4n) is 0.951. The summed E-state index contributed by atoms with van der Waals surface area (Å²) >= 11 is 0. The van der Waals surface area contributed by atoms with Crippen molar-refractivity contribution in [3.8, 4) is 0 Å². The van der Waals surface area contributed by atoms with E-state index < -0.39 is 43.9 Å². The molecule has 0 aromatic carbocycles. The van der Waals surface area contributed by atoms with Crippen LogP contribution in [0, 0.1) is 0 Å². The topological polar surface area (TPSA) is 49.5 Å². The number of rotatable bonds is 10. The molecule has 132 valence electrons. The average molecular weight is 354 g/mol. The van der Waals surface area contributed by atoms with E-state index in [1.165, 1.54) is 4.94 Å². The molecule has 1 aliphatic rings. The third-order valence-electron chi connectivity index (χ3n) is 1.93. The van der Waals surface area contributed by atoms with Crippen LogP contribution in [-0.2, 0) is 23.9 Å². The molecule has 0 aromatic heterocycles. The van der Waals surface area contributed by atoms with Crippen LogP contribution in [0.25, 0.3) is 0 Å². The van der Waals surface area contributed by atoms with Gasteiger partial charge in [-0.1, -0.05) is 0 Å². The fourth-order valence-corrected chi connectivity index (χ4v) is 0.951. The summed E-state index contributed by atoms with van der Waals surface area (Å²) in [6.45, 7) is -2.06. The van der Waals surface area contributed by atoms with Gasteiger partial charge >= 0.3 is 24.6 Å². The van der Waals surface area contributed by atoms with E-state index >= 15 is 0 Å². The van der Waals surface area contributed by atoms with Gasteiger partial charge in [0.1, 0.15) is 12.7 Å².